The minimum Gasteiger partial charge on any atom is -0.358 e. The van der Waals surface area contributed by atoms with E-state index in [9.17, 15) is 0 Å². The minimum atomic E-state index is 0.146. The van der Waals surface area contributed by atoms with Gasteiger partial charge in [-0.3, -0.25) is 0 Å². The lowest BCUT2D eigenvalue weighted by molar-refractivity contribution is 0.289. The van der Waals surface area contributed by atoms with E-state index in [1.165, 1.54) is 25.7 Å². The van der Waals surface area contributed by atoms with Gasteiger partial charge in [-0.1, -0.05) is 75.0 Å². The third kappa shape index (κ3) is 10.3. The van der Waals surface area contributed by atoms with E-state index >= 15 is 0 Å². The van der Waals surface area contributed by atoms with E-state index < -0.39 is 0 Å². The SMILES string of the molecule is CCCCC1CC1/C=C/C=C/C=C\CC#C/C=C/C(CC)OP. The molecule has 1 aliphatic rings. The molecule has 1 rings (SSSR count). The summed E-state index contributed by atoms with van der Waals surface area (Å²) in [6.45, 7) is 4.36. The topological polar surface area (TPSA) is 9.23 Å². The molecule has 1 saturated carbocycles. The van der Waals surface area contributed by atoms with Crippen LogP contribution in [-0.4, -0.2) is 6.10 Å². The Hall–Kier alpha value is -1.09. The molecule has 0 amide bonds. The van der Waals surface area contributed by atoms with Crippen molar-refractivity contribution in [2.45, 2.75) is 58.5 Å². The number of rotatable bonds is 10. The molecule has 4 unspecified atom stereocenters. The molecule has 1 nitrogen and oxygen atoms in total. The fraction of sp³-hybridized carbons (Fsp3) is 0.524. The van der Waals surface area contributed by atoms with Gasteiger partial charge in [0.2, 0.25) is 0 Å². The van der Waals surface area contributed by atoms with Crippen LogP contribution in [0, 0.1) is 23.7 Å². The van der Waals surface area contributed by atoms with Crippen LogP contribution in [0.25, 0.3) is 0 Å². The summed E-state index contributed by atoms with van der Waals surface area (Å²) in [5, 5.41) is 0. The molecule has 1 fully saturated rings. The normalized spacial score (nSPS) is 22.2. The molecule has 0 aromatic carbocycles. The fourth-order valence-electron chi connectivity index (χ4n) is 2.40. The predicted molar refractivity (Wildman–Crippen MR) is 105 cm³/mol. The molecule has 4 atom stereocenters. The second kappa shape index (κ2) is 13.4. The molecule has 126 valence electrons. The molecule has 0 aromatic heterocycles. The van der Waals surface area contributed by atoms with Gasteiger partial charge in [-0.25, -0.2) is 0 Å². The van der Waals surface area contributed by atoms with Crippen LogP contribution in [0.3, 0.4) is 0 Å². The summed E-state index contributed by atoms with van der Waals surface area (Å²) in [5.41, 5.74) is 0. The molecule has 0 N–H and O–H groups in total. The first-order valence-corrected chi connectivity index (χ1v) is 9.29. The quantitative estimate of drug-likeness (QED) is 0.270. The Morgan fingerprint density at radius 3 is 2.78 bits per heavy atom. The molecule has 2 heteroatoms. The molecule has 23 heavy (non-hydrogen) atoms. The molecule has 0 bridgehead atoms. The zero-order valence-electron chi connectivity index (χ0n) is 14.6. The Labute approximate surface area is 145 Å². The average Bonchev–Trinajstić information content (AvgIpc) is 3.32. The van der Waals surface area contributed by atoms with Crippen molar-refractivity contribution in [1.82, 2.24) is 0 Å². The summed E-state index contributed by atoms with van der Waals surface area (Å²) in [5.74, 6) is 7.92. The Bertz CT molecular complexity index is 472. The molecule has 0 spiro atoms. The Kier molecular flexibility index (Phi) is 11.6. The van der Waals surface area contributed by atoms with Crippen LogP contribution < -0.4 is 0 Å². The molecule has 0 aliphatic heterocycles. The fourth-order valence-corrected chi connectivity index (χ4v) is 2.68. The van der Waals surface area contributed by atoms with Crippen LogP contribution in [-0.2, 0) is 4.52 Å². The van der Waals surface area contributed by atoms with Gasteiger partial charge in [-0.05, 0) is 43.3 Å². The van der Waals surface area contributed by atoms with Gasteiger partial charge in [0.15, 0.2) is 0 Å². The number of hydrogen-bond donors (Lipinski definition) is 0. The van der Waals surface area contributed by atoms with Gasteiger partial charge >= 0.3 is 0 Å². The summed E-state index contributed by atoms with van der Waals surface area (Å²) in [7, 11) is 2.29. The highest BCUT2D eigenvalue weighted by molar-refractivity contribution is 7.09. The molecule has 0 heterocycles. The molecule has 1 aliphatic carbocycles. The highest BCUT2D eigenvalue weighted by Crippen LogP contribution is 2.43. The lowest BCUT2D eigenvalue weighted by Crippen LogP contribution is -1.99. The van der Waals surface area contributed by atoms with Crippen molar-refractivity contribution in [3.63, 3.8) is 0 Å². The zero-order chi connectivity index (χ0) is 16.8. The summed E-state index contributed by atoms with van der Waals surface area (Å²) in [6, 6.07) is 0. The molecule has 0 aromatic rings. The van der Waals surface area contributed by atoms with Gasteiger partial charge in [0, 0.05) is 15.9 Å². The summed E-state index contributed by atoms with van der Waals surface area (Å²) in [4.78, 5) is 0. The zero-order valence-corrected chi connectivity index (χ0v) is 15.7. The third-order valence-corrected chi connectivity index (χ3v) is 4.38. The van der Waals surface area contributed by atoms with Crippen molar-refractivity contribution in [3.05, 3.63) is 48.6 Å². The van der Waals surface area contributed by atoms with Crippen LogP contribution in [0.2, 0.25) is 0 Å². The first kappa shape index (κ1) is 20.0. The summed E-state index contributed by atoms with van der Waals surface area (Å²) >= 11 is 0. The van der Waals surface area contributed by atoms with E-state index in [2.05, 4.69) is 71.6 Å². The monoisotopic (exact) mass is 330 g/mol. The Morgan fingerprint density at radius 1 is 1.22 bits per heavy atom. The van der Waals surface area contributed by atoms with Gasteiger partial charge < -0.3 is 4.52 Å². The van der Waals surface area contributed by atoms with Gasteiger partial charge in [-0.15, -0.1) is 0 Å². The molecule has 0 radical (unpaired) electrons. The Balaban J connectivity index is 2.10. The van der Waals surface area contributed by atoms with Crippen molar-refractivity contribution in [3.8, 4) is 11.8 Å². The van der Waals surface area contributed by atoms with Crippen molar-refractivity contribution >= 4 is 9.47 Å². The van der Waals surface area contributed by atoms with Gasteiger partial charge in [0.1, 0.15) is 0 Å². The lowest BCUT2D eigenvalue weighted by atomic mass is 10.1. The molecular formula is C21H31OP. The summed E-state index contributed by atoms with van der Waals surface area (Å²) < 4.78 is 5.16. The highest BCUT2D eigenvalue weighted by atomic mass is 31.0. The summed E-state index contributed by atoms with van der Waals surface area (Å²) in [6.07, 6.45) is 24.1. The van der Waals surface area contributed by atoms with Crippen molar-refractivity contribution in [1.29, 1.82) is 0 Å². The van der Waals surface area contributed by atoms with Crippen LogP contribution in [0.4, 0.5) is 0 Å². The van der Waals surface area contributed by atoms with Crippen molar-refractivity contribution in [2.24, 2.45) is 11.8 Å². The first-order chi connectivity index (χ1) is 11.3. The second-order valence-electron chi connectivity index (χ2n) is 5.97. The number of hydrogen-bond acceptors (Lipinski definition) is 1. The van der Waals surface area contributed by atoms with E-state index in [0.29, 0.717) is 0 Å². The van der Waals surface area contributed by atoms with E-state index in [1.54, 1.807) is 0 Å². The maximum atomic E-state index is 5.16. The maximum absolute atomic E-state index is 5.16. The standard InChI is InChI=1S/C21H31OP/c1-3-5-15-19-18-20(19)16-13-11-9-7-6-8-10-12-14-17-21(4-2)22-23/h6-7,9,11,13-14,16-17,19-21H,3-5,8,15,18,23H2,1-2H3/b7-6-,11-9+,16-13+,17-14+. The van der Waals surface area contributed by atoms with E-state index in [4.69, 9.17) is 4.52 Å². The Morgan fingerprint density at radius 2 is 2.04 bits per heavy atom. The van der Waals surface area contributed by atoms with E-state index in [0.717, 1.165) is 24.7 Å². The van der Waals surface area contributed by atoms with Crippen molar-refractivity contribution in [2.75, 3.05) is 0 Å². The largest absolute Gasteiger partial charge is 0.358 e. The van der Waals surface area contributed by atoms with Crippen LogP contribution >= 0.6 is 9.47 Å². The van der Waals surface area contributed by atoms with Crippen LogP contribution in [0.5, 0.6) is 0 Å². The van der Waals surface area contributed by atoms with E-state index in [-0.39, 0.29) is 6.10 Å². The third-order valence-electron chi connectivity index (χ3n) is 4.03. The predicted octanol–water partition coefficient (Wildman–Crippen LogP) is 6.02. The number of allylic oxidation sites excluding steroid dienone is 7. The van der Waals surface area contributed by atoms with Crippen LogP contribution in [0.1, 0.15) is 52.4 Å². The number of unbranched alkanes of at least 4 members (excludes halogenated alkanes) is 1. The van der Waals surface area contributed by atoms with Crippen LogP contribution in [0.15, 0.2) is 48.6 Å². The van der Waals surface area contributed by atoms with Gasteiger partial charge in [-0.2, -0.15) is 0 Å². The highest BCUT2D eigenvalue weighted by Gasteiger charge is 2.33. The van der Waals surface area contributed by atoms with E-state index in [1.807, 2.05) is 12.2 Å². The second-order valence-corrected chi connectivity index (χ2v) is 6.24. The smallest absolute Gasteiger partial charge is 0.0798 e. The minimum absolute atomic E-state index is 0.146. The molecular weight excluding hydrogens is 299 g/mol. The lowest BCUT2D eigenvalue weighted by Gasteiger charge is -2.04. The average molecular weight is 330 g/mol. The van der Waals surface area contributed by atoms with Gasteiger partial charge in [0.25, 0.3) is 0 Å². The maximum Gasteiger partial charge on any atom is 0.0798 e. The molecule has 0 saturated heterocycles. The first-order valence-electron chi connectivity index (χ1n) is 8.82. The van der Waals surface area contributed by atoms with Crippen molar-refractivity contribution < 1.29 is 4.52 Å². The van der Waals surface area contributed by atoms with Gasteiger partial charge in [0.05, 0.1) is 6.10 Å².